The molecule has 1 aliphatic heterocycles. The second-order valence-electron chi connectivity index (χ2n) is 10.5. The summed E-state index contributed by atoms with van der Waals surface area (Å²) < 4.78 is 3.59. The number of rotatable bonds is 2. The number of para-hydroxylation sites is 1. The van der Waals surface area contributed by atoms with Gasteiger partial charge in [0.2, 0.25) is 0 Å². The molecule has 4 atom stereocenters. The molecule has 0 saturated heterocycles. The molecule has 4 unspecified atom stereocenters. The molecular weight excluding hydrogens is 624 g/mol. The first-order valence-electron chi connectivity index (χ1n) is 13.0. The third kappa shape index (κ3) is 3.32. The van der Waals surface area contributed by atoms with Crippen molar-refractivity contribution in [1.82, 2.24) is 13.9 Å². The number of benzene rings is 3. The quantitative estimate of drug-likeness (QED) is 0.241. The van der Waals surface area contributed by atoms with Gasteiger partial charge in [-0.15, -0.1) is 23.2 Å². The Kier molecular flexibility index (Phi) is 5.99. The van der Waals surface area contributed by atoms with E-state index in [1.54, 1.807) is 66.7 Å². The van der Waals surface area contributed by atoms with Crippen LogP contribution < -0.4 is 11.4 Å². The molecule has 42 heavy (non-hydrogen) atoms. The SMILES string of the molecule is O=C1C(Cl)=C(Cl)C(=O)C2(Cl)C(c3ccc(O)c4ccccc34)C3=CCn4c(=O)n(-c5ccccc5)c(=O)n4C3CC12Cl. The van der Waals surface area contributed by atoms with Crippen molar-refractivity contribution in [1.29, 1.82) is 0 Å². The smallest absolute Gasteiger partial charge is 0.352 e. The molecule has 1 fully saturated rings. The number of nitrogens with zero attached hydrogens (tertiary/aromatic N) is 3. The van der Waals surface area contributed by atoms with E-state index in [1.165, 1.54) is 15.4 Å². The number of halogens is 4. The van der Waals surface area contributed by atoms with Crippen LogP contribution in [0.1, 0.15) is 23.9 Å². The number of phenols is 1. The topological polar surface area (TPSA) is 103 Å². The number of alkyl halides is 2. The van der Waals surface area contributed by atoms with Crippen LogP contribution in [0, 0.1) is 0 Å². The summed E-state index contributed by atoms with van der Waals surface area (Å²) >= 11 is 27.1. The molecule has 8 nitrogen and oxygen atoms in total. The summed E-state index contributed by atoms with van der Waals surface area (Å²) in [6.45, 7) is -0.0129. The number of ketones is 2. The molecule has 4 aromatic rings. The van der Waals surface area contributed by atoms with Crippen LogP contribution in [-0.2, 0) is 16.1 Å². The maximum absolute atomic E-state index is 14.0. The number of hydrogen-bond donors (Lipinski definition) is 1. The maximum Gasteiger partial charge on any atom is 0.352 e. The highest BCUT2D eigenvalue weighted by Gasteiger charge is 2.71. The maximum atomic E-state index is 14.0. The number of aromatic hydroxyl groups is 1. The van der Waals surface area contributed by atoms with Crippen molar-refractivity contribution in [3.8, 4) is 11.4 Å². The predicted molar refractivity (Wildman–Crippen MR) is 160 cm³/mol. The molecule has 3 aromatic carbocycles. The third-order valence-electron chi connectivity index (χ3n) is 8.56. The molecule has 7 rings (SSSR count). The molecule has 3 aliphatic rings. The van der Waals surface area contributed by atoms with Crippen molar-refractivity contribution < 1.29 is 14.7 Å². The van der Waals surface area contributed by atoms with Gasteiger partial charge in [0.15, 0.2) is 11.6 Å². The van der Waals surface area contributed by atoms with Crippen molar-refractivity contribution in [2.24, 2.45) is 0 Å². The minimum Gasteiger partial charge on any atom is -0.507 e. The highest BCUT2D eigenvalue weighted by atomic mass is 35.5. The normalized spacial score (nSPS) is 27.0. The van der Waals surface area contributed by atoms with Crippen molar-refractivity contribution >= 4 is 68.7 Å². The van der Waals surface area contributed by atoms with Gasteiger partial charge in [-0.1, -0.05) is 77.8 Å². The van der Waals surface area contributed by atoms with Crippen molar-refractivity contribution in [2.45, 2.75) is 34.7 Å². The molecule has 1 aromatic heterocycles. The number of aromatic nitrogens is 3. The van der Waals surface area contributed by atoms with Crippen LogP contribution >= 0.6 is 46.4 Å². The highest BCUT2D eigenvalue weighted by molar-refractivity contribution is 6.66. The van der Waals surface area contributed by atoms with Gasteiger partial charge in [-0.05, 0) is 34.7 Å². The average Bonchev–Trinajstić information content (AvgIpc) is 3.26. The Bertz CT molecular complexity index is 2060. The van der Waals surface area contributed by atoms with Gasteiger partial charge in [-0.2, -0.15) is 0 Å². The molecule has 2 aliphatic carbocycles. The lowest BCUT2D eigenvalue weighted by Gasteiger charge is -2.54. The molecule has 1 N–H and O–H groups in total. The molecule has 0 radical (unpaired) electrons. The van der Waals surface area contributed by atoms with Crippen molar-refractivity contribution in [3.05, 3.63) is 115 Å². The van der Waals surface area contributed by atoms with Crippen LogP contribution in [0.3, 0.4) is 0 Å². The van der Waals surface area contributed by atoms with E-state index < -0.39 is 54.7 Å². The number of fused-ring (bicyclic) bond motifs is 5. The van der Waals surface area contributed by atoms with Gasteiger partial charge in [-0.3, -0.25) is 9.59 Å². The zero-order chi connectivity index (χ0) is 29.7. The summed E-state index contributed by atoms with van der Waals surface area (Å²) in [6.07, 6.45) is 1.42. The average molecular weight is 643 g/mol. The molecular formula is C30H19Cl4N3O5. The van der Waals surface area contributed by atoms with Gasteiger partial charge >= 0.3 is 11.4 Å². The number of carbonyl (C=O) groups excluding carboxylic acids is 2. The van der Waals surface area contributed by atoms with Crippen LogP contribution in [0.4, 0.5) is 0 Å². The van der Waals surface area contributed by atoms with Crippen LogP contribution in [0.5, 0.6) is 5.75 Å². The first-order valence-corrected chi connectivity index (χ1v) is 14.5. The van der Waals surface area contributed by atoms with E-state index in [0.717, 1.165) is 4.57 Å². The zero-order valence-electron chi connectivity index (χ0n) is 21.4. The van der Waals surface area contributed by atoms with E-state index >= 15 is 0 Å². The van der Waals surface area contributed by atoms with Gasteiger partial charge in [0.1, 0.15) is 25.6 Å². The van der Waals surface area contributed by atoms with E-state index in [2.05, 4.69) is 0 Å². The monoisotopic (exact) mass is 641 g/mol. The summed E-state index contributed by atoms with van der Waals surface area (Å²) in [7, 11) is 0. The van der Waals surface area contributed by atoms with Crippen LogP contribution in [0.15, 0.2) is 98.0 Å². The second kappa shape index (κ2) is 9.22. The number of allylic oxidation sites excluding steroid dienone is 4. The Balaban J connectivity index is 1.55. The Morgan fingerprint density at radius 3 is 2.14 bits per heavy atom. The van der Waals surface area contributed by atoms with Crippen LogP contribution in [0.2, 0.25) is 0 Å². The molecule has 0 spiro atoms. The Morgan fingerprint density at radius 2 is 1.43 bits per heavy atom. The van der Waals surface area contributed by atoms with Gasteiger partial charge in [0, 0.05) is 17.7 Å². The number of carbonyl (C=O) groups is 2. The largest absolute Gasteiger partial charge is 0.507 e. The third-order valence-corrected chi connectivity index (χ3v) is 10.8. The molecule has 1 saturated carbocycles. The summed E-state index contributed by atoms with van der Waals surface area (Å²) in [4.78, 5) is 51.0. The lowest BCUT2D eigenvalue weighted by Crippen LogP contribution is -2.67. The molecule has 2 heterocycles. The first kappa shape index (κ1) is 27.3. The van der Waals surface area contributed by atoms with Gasteiger partial charge < -0.3 is 5.11 Å². The van der Waals surface area contributed by atoms with Gasteiger partial charge in [0.05, 0.1) is 18.3 Å². The summed E-state index contributed by atoms with van der Waals surface area (Å²) in [5.41, 5.74) is 0.135. The van der Waals surface area contributed by atoms with E-state index in [-0.39, 0.29) is 18.7 Å². The van der Waals surface area contributed by atoms with E-state index in [1.807, 2.05) is 0 Å². The fourth-order valence-electron chi connectivity index (χ4n) is 6.67. The molecule has 212 valence electrons. The fourth-order valence-corrected chi connectivity index (χ4v) is 8.19. The lowest BCUT2D eigenvalue weighted by molar-refractivity contribution is -0.128. The number of hydrogen-bond acceptors (Lipinski definition) is 5. The minimum atomic E-state index is -2.16. The molecule has 0 bridgehead atoms. The number of Topliss-reactive ketones (excluding diaryl/α,β-unsaturated/α-hetero) is 2. The first-order chi connectivity index (χ1) is 20.0. The highest BCUT2D eigenvalue weighted by Crippen LogP contribution is 2.64. The van der Waals surface area contributed by atoms with Crippen molar-refractivity contribution in [3.63, 3.8) is 0 Å². The van der Waals surface area contributed by atoms with E-state index in [4.69, 9.17) is 46.4 Å². The molecule has 12 heteroatoms. The Hall–Kier alpha value is -3.56. The summed E-state index contributed by atoms with van der Waals surface area (Å²) in [6, 6.07) is 17.5. The lowest BCUT2D eigenvalue weighted by atomic mass is 9.58. The van der Waals surface area contributed by atoms with Crippen molar-refractivity contribution in [2.75, 3.05) is 0 Å². The Morgan fingerprint density at radius 1 is 0.786 bits per heavy atom. The summed E-state index contributed by atoms with van der Waals surface area (Å²) in [5.74, 6) is -2.79. The van der Waals surface area contributed by atoms with E-state index in [9.17, 15) is 24.3 Å². The van der Waals surface area contributed by atoms with E-state index in [0.29, 0.717) is 27.6 Å². The minimum absolute atomic E-state index is 0.00268. The number of phenolic OH excluding ortho intramolecular Hbond substituents is 1. The van der Waals surface area contributed by atoms with Crippen LogP contribution in [-0.4, -0.2) is 40.4 Å². The zero-order valence-corrected chi connectivity index (χ0v) is 24.5. The fraction of sp³-hybridized carbons (Fsp3) is 0.200. The Labute approximate surface area is 257 Å². The predicted octanol–water partition coefficient (Wildman–Crippen LogP) is 5.12. The standard InChI is InChI=1S/C30H19Cl4N3O5/c31-23-24(32)26(40)30(34)22(18-10-11-21(38)17-9-5-4-8-16(17)18)19-12-13-35-27(41)36(15-6-2-1-3-7-15)28(42)37(35)20(19)14-29(30,33)25(23)39/h1-12,20,22,38H,13-14H2. The van der Waals surface area contributed by atoms with Crippen LogP contribution in [0.25, 0.3) is 16.5 Å². The molecule has 0 amide bonds. The van der Waals surface area contributed by atoms with Gasteiger partial charge in [0.25, 0.3) is 0 Å². The van der Waals surface area contributed by atoms with Gasteiger partial charge in [-0.25, -0.2) is 23.5 Å². The second-order valence-corrected chi connectivity index (χ2v) is 12.5. The summed E-state index contributed by atoms with van der Waals surface area (Å²) in [5, 5.41) is 10.6.